The molecule has 8 heteroatoms. The van der Waals surface area contributed by atoms with Crippen molar-refractivity contribution in [1.29, 1.82) is 0 Å². The van der Waals surface area contributed by atoms with E-state index < -0.39 is 11.2 Å². The van der Waals surface area contributed by atoms with E-state index in [-0.39, 0.29) is 12.2 Å². The maximum absolute atomic E-state index is 11.8. The van der Waals surface area contributed by atoms with Crippen LogP contribution in [0.3, 0.4) is 0 Å². The Kier molecular flexibility index (Phi) is 3.42. The minimum Gasteiger partial charge on any atom is -0.373 e. The van der Waals surface area contributed by atoms with Gasteiger partial charge in [0.15, 0.2) is 5.65 Å². The summed E-state index contributed by atoms with van der Waals surface area (Å²) in [6.45, 7) is 6.30. The number of aromatic amines is 2. The molecule has 3 rings (SSSR count). The molecule has 2 aromatic rings. The molecule has 0 unspecified atom stereocenters. The summed E-state index contributed by atoms with van der Waals surface area (Å²) in [5.41, 5.74) is -0.177. The molecule has 0 saturated carbocycles. The van der Waals surface area contributed by atoms with Crippen molar-refractivity contribution in [1.82, 2.24) is 24.4 Å². The van der Waals surface area contributed by atoms with Crippen LogP contribution in [-0.4, -0.2) is 49.7 Å². The number of morpholine rings is 1. The van der Waals surface area contributed by atoms with Crippen molar-refractivity contribution >= 4 is 11.2 Å². The minimum absolute atomic E-state index is 0.172. The Bertz CT molecular complexity index is 764. The van der Waals surface area contributed by atoms with Crippen LogP contribution in [0.1, 0.15) is 19.7 Å². The van der Waals surface area contributed by atoms with Gasteiger partial charge in [-0.3, -0.25) is 19.2 Å². The van der Waals surface area contributed by atoms with Gasteiger partial charge in [-0.15, -0.1) is 0 Å². The summed E-state index contributed by atoms with van der Waals surface area (Å²) in [6.07, 6.45) is 0.344. The zero-order chi connectivity index (χ0) is 15.1. The normalized spacial score (nSPS) is 23.8. The maximum atomic E-state index is 11.8. The third-order valence-corrected chi connectivity index (χ3v) is 3.67. The second-order valence-electron chi connectivity index (χ2n) is 5.65. The van der Waals surface area contributed by atoms with Crippen molar-refractivity contribution in [3.8, 4) is 0 Å². The number of hydrogen-bond acceptors (Lipinski definition) is 5. The van der Waals surface area contributed by atoms with Gasteiger partial charge in [0.25, 0.3) is 5.56 Å². The van der Waals surface area contributed by atoms with Gasteiger partial charge in [-0.1, -0.05) is 0 Å². The number of imidazole rings is 1. The van der Waals surface area contributed by atoms with E-state index in [1.165, 1.54) is 4.57 Å². The Morgan fingerprint density at radius 3 is 2.57 bits per heavy atom. The Morgan fingerprint density at radius 2 is 1.90 bits per heavy atom. The fourth-order valence-electron chi connectivity index (χ4n) is 2.85. The van der Waals surface area contributed by atoms with E-state index in [4.69, 9.17) is 4.74 Å². The highest BCUT2D eigenvalue weighted by atomic mass is 16.5. The van der Waals surface area contributed by atoms with E-state index in [9.17, 15) is 9.59 Å². The van der Waals surface area contributed by atoms with Crippen LogP contribution in [0.2, 0.25) is 0 Å². The van der Waals surface area contributed by atoms with Gasteiger partial charge >= 0.3 is 5.69 Å². The quantitative estimate of drug-likeness (QED) is 0.782. The van der Waals surface area contributed by atoms with Crippen LogP contribution < -0.4 is 11.2 Å². The monoisotopic (exact) mass is 293 g/mol. The predicted molar refractivity (Wildman–Crippen MR) is 77.2 cm³/mol. The van der Waals surface area contributed by atoms with Gasteiger partial charge in [0, 0.05) is 20.1 Å². The van der Waals surface area contributed by atoms with Crippen molar-refractivity contribution in [3.63, 3.8) is 0 Å². The molecule has 8 nitrogen and oxygen atoms in total. The van der Waals surface area contributed by atoms with Crippen LogP contribution in [-0.2, 0) is 18.3 Å². The molecule has 1 saturated heterocycles. The summed E-state index contributed by atoms with van der Waals surface area (Å²) < 4.78 is 7.03. The molecule has 1 fully saturated rings. The van der Waals surface area contributed by atoms with Crippen molar-refractivity contribution < 1.29 is 4.74 Å². The summed E-state index contributed by atoms with van der Waals surface area (Å²) in [6, 6.07) is 0. The third-order valence-electron chi connectivity index (χ3n) is 3.67. The van der Waals surface area contributed by atoms with Crippen LogP contribution in [0.4, 0.5) is 0 Å². The molecular formula is C13H19N5O3. The molecule has 21 heavy (non-hydrogen) atoms. The Balaban J connectivity index is 1.92. The van der Waals surface area contributed by atoms with Gasteiger partial charge in [-0.05, 0) is 13.8 Å². The highest BCUT2D eigenvalue weighted by Crippen LogP contribution is 2.13. The molecule has 2 aromatic heterocycles. The highest BCUT2D eigenvalue weighted by Gasteiger charge is 2.23. The number of fused-ring (bicyclic) bond motifs is 1. The van der Waals surface area contributed by atoms with Crippen LogP contribution in [0.15, 0.2) is 9.59 Å². The molecule has 2 atom stereocenters. The third kappa shape index (κ3) is 2.64. The highest BCUT2D eigenvalue weighted by molar-refractivity contribution is 5.69. The predicted octanol–water partition coefficient (Wildman–Crippen LogP) is -0.441. The van der Waals surface area contributed by atoms with Gasteiger partial charge < -0.3 is 9.72 Å². The number of aromatic nitrogens is 4. The molecule has 114 valence electrons. The molecule has 0 aromatic carbocycles. The van der Waals surface area contributed by atoms with Crippen molar-refractivity contribution in [2.45, 2.75) is 32.6 Å². The molecule has 0 radical (unpaired) electrons. The van der Waals surface area contributed by atoms with Crippen LogP contribution in [0.5, 0.6) is 0 Å². The standard InChI is InChI=1S/C13H19N5O3/c1-7-4-18(5-8(2)21-7)6-9-14-10-11(15-9)17(3)13(20)16-12(10)19/h7-8H,4-6H2,1-3H3,(H,14,15)(H,16,19,20)/t7-,8+. The van der Waals surface area contributed by atoms with E-state index in [1.54, 1.807) is 7.05 Å². The molecule has 2 N–H and O–H groups in total. The van der Waals surface area contributed by atoms with Crippen molar-refractivity contribution in [2.75, 3.05) is 13.1 Å². The Hall–Kier alpha value is -1.93. The number of nitrogens with zero attached hydrogens (tertiary/aromatic N) is 3. The van der Waals surface area contributed by atoms with Gasteiger partial charge in [-0.2, -0.15) is 0 Å². The van der Waals surface area contributed by atoms with Crippen LogP contribution in [0.25, 0.3) is 11.2 Å². The lowest BCUT2D eigenvalue weighted by Crippen LogP contribution is -2.45. The van der Waals surface area contributed by atoms with Gasteiger partial charge in [0.1, 0.15) is 11.3 Å². The first-order valence-electron chi connectivity index (χ1n) is 6.99. The summed E-state index contributed by atoms with van der Waals surface area (Å²) in [5.74, 6) is 0.679. The van der Waals surface area contributed by atoms with Gasteiger partial charge in [-0.25, -0.2) is 9.78 Å². The Morgan fingerprint density at radius 1 is 1.24 bits per heavy atom. The molecule has 1 aliphatic rings. The first-order chi connectivity index (χ1) is 9.94. The largest absolute Gasteiger partial charge is 0.373 e. The number of H-pyrrole nitrogens is 2. The lowest BCUT2D eigenvalue weighted by Gasteiger charge is -2.34. The summed E-state index contributed by atoms with van der Waals surface area (Å²) >= 11 is 0. The second-order valence-corrected chi connectivity index (χ2v) is 5.65. The molecular weight excluding hydrogens is 274 g/mol. The lowest BCUT2D eigenvalue weighted by molar-refractivity contribution is -0.0710. The smallest absolute Gasteiger partial charge is 0.329 e. The minimum atomic E-state index is -0.459. The van der Waals surface area contributed by atoms with Gasteiger partial charge in [0.05, 0.1) is 18.8 Å². The average molecular weight is 293 g/mol. The fourth-order valence-corrected chi connectivity index (χ4v) is 2.85. The van der Waals surface area contributed by atoms with Crippen molar-refractivity contribution in [2.24, 2.45) is 7.05 Å². The molecule has 0 bridgehead atoms. The first-order valence-corrected chi connectivity index (χ1v) is 6.99. The molecule has 0 aliphatic carbocycles. The first kappa shape index (κ1) is 14.0. The number of ether oxygens (including phenoxy) is 1. The van der Waals surface area contributed by atoms with Crippen LogP contribution in [0, 0.1) is 0 Å². The van der Waals surface area contributed by atoms with E-state index >= 15 is 0 Å². The van der Waals surface area contributed by atoms with E-state index in [1.807, 2.05) is 13.8 Å². The zero-order valence-corrected chi connectivity index (χ0v) is 12.3. The molecule has 3 heterocycles. The molecule has 0 spiro atoms. The number of nitrogens with one attached hydrogen (secondary N) is 2. The second kappa shape index (κ2) is 5.12. The molecule has 1 aliphatic heterocycles. The fraction of sp³-hybridized carbons (Fsp3) is 0.615. The topological polar surface area (TPSA) is 96.0 Å². The maximum Gasteiger partial charge on any atom is 0.329 e. The SMILES string of the molecule is C[C@@H]1CN(Cc2nc3c([nH]2)c(=O)[nH]c(=O)n3C)C[C@H](C)O1. The number of rotatable bonds is 2. The summed E-state index contributed by atoms with van der Waals surface area (Å²) in [7, 11) is 1.59. The van der Waals surface area contributed by atoms with Gasteiger partial charge in [0.2, 0.25) is 0 Å². The zero-order valence-electron chi connectivity index (χ0n) is 12.3. The summed E-state index contributed by atoms with van der Waals surface area (Å²) in [5, 5.41) is 0. The summed E-state index contributed by atoms with van der Waals surface area (Å²) in [4.78, 5) is 35.2. The Labute approximate surface area is 120 Å². The number of aryl methyl sites for hydroxylation is 1. The van der Waals surface area contributed by atoms with E-state index in [0.29, 0.717) is 23.5 Å². The molecule has 0 amide bonds. The van der Waals surface area contributed by atoms with E-state index in [2.05, 4.69) is 19.9 Å². The van der Waals surface area contributed by atoms with E-state index in [0.717, 1.165) is 13.1 Å². The average Bonchev–Trinajstić information content (AvgIpc) is 2.79. The van der Waals surface area contributed by atoms with Crippen molar-refractivity contribution in [3.05, 3.63) is 26.7 Å². The number of hydrogen-bond donors (Lipinski definition) is 2. The van der Waals surface area contributed by atoms with Crippen LogP contribution >= 0.6 is 0 Å². The lowest BCUT2D eigenvalue weighted by atomic mass is 10.2.